The minimum absolute atomic E-state index is 0. The molecule has 2 heterocycles. The highest BCUT2D eigenvalue weighted by Gasteiger charge is 2.13. The molecule has 0 saturated carbocycles. The van der Waals surface area contributed by atoms with Crippen LogP contribution in [0.4, 0.5) is 0 Å². The third kappa shape index (κ3) is 3.38. The average Bonchev–Trinajstić information content (AvgIpc) is 2.62. The fourth-order valence-corrected chi connectivity index (χ4v) is 1.59. The highest BCUT2D eigenvalue weighted by Crippen LogP contribution is 2.08. The van der Waals surface area contributed by atoms with E-state index in [0.29, 0.717) is 0 Å². The maximum atomic E-state index is 2.28. The molecule has 0 aliphatic carbocycles. The molecule has 0 N–H and O–H groups in total. The number of hydrogen-bond donors (Lipinski definition) is 0. The second-order valence-electron chi connectivity index (χ2n) is 3.71. The van der Waals surface area contributed by atoms with Crippen LogP contribution < -0.4 is 0 Å². The molecule has 0 aromatic rings. The molecule has 0 unspecified atom stereocenters. The Balaban J connectivity index is 0.000000980. The first kappa shape index (κ1) is 13.7. The summed E-state index contributed by atoms with van der Waals surface area (Å²) < 4.78 is 0. The Morgan fingerprint density at radius 2 is 1.20 bits per heavy atom. The fourth-order valence-electron chi connectivity index (χ4n) is 1.59. The summed E-state index contributed by atoms with van der Waals surface area (Å²) in [5.74, 6) is 0. The van der Waals surface area contributed by atoms with E-state index in [1.165, 1.54) is 0 Å². The van der Waals surface area contributed by atoms with Crippen LogP contribution >= 0.6 is 0 Å². The predicted molar refractivity (Wildman–Crippen MR) is 65.5 cm³/mol. The van der Waals surface area contributed by atoms with Gasteiger partial charge in [0.25, 0.3) is 0 Å². The molecule has 0 fully saturated rings. The lowest BCUT2D eigenvalue weighted by atomic mass is 10.7. The molecule has 2 aliphatic heterocycles. The summed E-state index contributed by atoms with van der Waals surface area (Å²) in [5.41, 5.74) is 0. The van der Waals surface area contributed by atoms with Gasteiger partial charge in [0.1, 0.15) is 0 Å². The van der Waals surface area contributed by atoms with Crippen molar-refractivity contribution in [1.29, 1.82) is 0 Å². The first-order valence-corrected chi connectivity index (χ1v) is 4.49. The molecule has 0 radical (unpaired) electrons. The highest BCUT2D eigenvalue weighted by atomic mass is 15.4. The molecule has 0 saturated heterocycles. The Kier molecular flexibility index (Phi) is 5.05. The topological polar surface area (TPSA) is 13.0 Å². The molecule has 0 atom stereocenters. The number of hydrogen-bond acceptors (Lipinski definition) is 4. The van der Waals surface area contributed by atoms with Crippen molar-refractivity contribution in [3.8, 4) is 0 Å². The first-order valence-electron chi connectivity index (χ1n) is 4.49. The zero-order valence-corrected chi connectivity index (χ0v) is 8.22. The van der Waals surface area contributed by atoms with Gasteiger partial charge >= 0.3 is 0 Å². The SMILES string of the molecule is C.C.CN1C=CN(CN2C=CN(C)C2)C1. The van der Waals surface area contributed by atoms with Crippen molar-refractivity contribution >= 4 is 0 Å². The minimum Gasteiger partial charge on any atom is -0.362 e. The summed E-state index contributed by atoms with van der Waals surface area (Å²) in [6.45, 7) is 2.96. The van der Waals surface area contributed by atoms with Crippen molar-refractivity contribution < 1.29 is 0 Å². The van der Waals surface area contributed by atoms with E-state index in [1.54, 1.807) is 0 Å². The highest BCUT2D eigenvalue weighted by molar-refractivity contribution is 4.93. The quantitative estimate of drug-likeness (QED) is 0.689. The van der Waals surface area contributed by atoms with Crippen LogP contribution in [0.25, 0.3) is 0 Å². The Labute approximate surface area is 94.0 Å². The first-order chi connectivity index (χ1) is 6.24. The molecule has 4 nitrogen and oxygen atoms in total. The van der Waals surface area contributed by atoms with Gasteiger partial charge in [-0.05, 0) is 0 Å². The van der Waals surface area contributed by atoms with Crippen molar-refractivity contribution in [3.63, 3.8) is 0 Å². The zero-order valence-electron chi connectivity index (χ0n) is 8.22. The molecule has 2 rings (SSSR count). The molecular formula is C11H24N4. The van der Waals surface area contributed by atoms with Crippen LogP contribution in [-0.4, -0.2) is 53.7 Å². The molecule has 4 heteroatoms. The summed E-state index contributed by atoms with van der Waals surface area (Å²) >= 11 is 0. The van der Waals surface area contributed by atoms with Crippen molar-refractivity contribution in [2.24, 2.45) is 0 Å². The van der Waals surface area contributed by atoms with Crippen molar-refractivity contribution in [2.75, 3.05) is 34.1 Å². The summed E-state index contributed by atoms with van der Waals surface area (Å²) in [5, 5.41) is 0. The minimum atomic E-state index is 0. The third-order valence-electron chi connectivity index (χ3n) is 2.24. The van der Waals surface area contributed by atoms with Crippen LogP contribution in [0.3, 0.4) is 0 Å². The van der Waals surface area contributed by atoms with Gasteiger partial charge < -0.3 is 19.6 Å². The molecule has 0 bridgehead atoms. The molecule has 0 amide bonds. The van der Waals surface area contributed by atoms with E-state index in [-0.39, 0.29) is 14.9 Å². The van der Waals surface area contributed by atoms with Gasteiger partial charge in [-0.3, -0.25) is 0 Å². The maximum Gasteiger partial charge on any atom is 0.0927 e. The van der Waals surface area contributed by atoms with Gasteiger partial charge in [-0.1, -0.05) is 14.9 Å². The molecular weight excluding hydrogens is 188 g/mol. The second kappa shape index (κ2) is 5.53. The van der Waals surface area contributed by atoms with E-state index in [0.717, 1.165) is 20.0 Å². The Hall–Kier alpha value is -1.32. The van der Waals surface area contributed by atoms with Crippen LogP contribution in [-0.2, 0) is 0 Å². The summed E-state index contributed by atoms with van der Waals surface area (Å²) in [4.78, 5) is 8.90. The van der Waals surface area contributed by atoms with Crippen molar-refractivity contribution in [2.45, 2.75) is 14.9 Å². The van der Waals surface area contributed by atoms with Gasteiger partial charge in [0.15, 0.2) is 0 Å². The van der Waals surface area contributed by atoms with Crippen molar-refractivity contribution in [3.05, 3.63) is 24.8 Å². The van der Waals surface area contributed by atoms with Gasteiger partial charge in [-0.15, -0.1) is 0 Å². The van der Waals surface area contributed by atoms with Crippen LogP contribution in [0.5, 0.6) is 0 Å². The maximum absolute atomic E-state index is 2.28. The van der Waals surface area contributed by atoms with Gasteiger partial charge in [0.05, 0.1) is 20.0 Å². The van der Waals surface area contributed by atoms with Crippen molar-refractivity contribution in [1.82, 2.24) is 19.6 Å². The van der Waals surface area contributed by atoms with Gasteiger partial charge in [-0.25, -0.2) is 0 Å². The second-order valence-corrected chi connectivity index (χ2v) is 3.71. The number of nitrogens with zero attached hydrogens (tertiary/aromatic N) is 4. The van der Waals surface area contributed by atoms with Crippen LogP contribution in [0.15, 0.2) is 24.8 Å². The third-order valence-corrected chi connectivity index (χ3v) is 2.24. The summed E-state index contributed by atoms with van der Waals surface area (Å²) in [6.07, 6.45) is 8.46. The van der Waals surface area contributed by atoms with Gasteiger partial charge in [-0.2, -0.15) is 0 Å². The standard InChI is InChI=1S/C9H16N4.2CH4/c1-10-3-5-12(7-10)9-13-6-4-11(2)8-13;;/h3-6H,7-9H2,1-2H3;2*1H4. The largest absolute Gasteiger partial charge is 0.362 e. The Morgan fingerprint density at radius 3 is 1.47 bits per heavy atom. The predicted octanol–water partition coefficient (Wildman–Crippen LogP) is 1.57. The van der Waals surface area contributed by atoms with Crippen LogP contribution in [0, 0.1) is 0 Å². The molecule has 88 valence electrons. The van der Waals surface area contributed by atoms with Gasteiger partial charge in [0, 0.05) is 38.9 Å². The molecule has 0 aromatic heterocycles. The Bertz CT molecular complexity index is 213. The molecule has 0 aromatic carbocycles. The smallest absolute Gasteiger partial charge is 0.0927 e. The molecule has 15 heavy (non-hydrogen) atoms. The lowest BCUT2D eigenvalue weighted by Crippen LogP contribution is -2.34. The average molecular weight is 212 g/mol. The monoisotopic (exact) mass is 212 g/mol. The molecule has 2 aliphatic rings. The van der Waals surface area contributed by atoms with E-state index >= 15 is 0 Å². The number of rotatable bonds is 2. The fraction of sp³-hybridized carbons (Fsp3) is 0.636. The molecule has 0 spiro atoms. The summed E-state index contributed by atoms with van der Waals surface area (Å²) in [6, 6.07) is 0. The van der Waals surface area contributed by atoms with Crippen LogP contribution in [0.2, 0.25) is 0 Å². The zero-order chi connectivity index (χ0) is 9.26. The van der Waals surface area contributed by atoms with E-state index < -0.39 is 0 Å². The van der Waals surface area contributed by atoms with E-state index in [2.05, 4.69) is 58.5 Å². The lowest BCUT2D eigenvalue weighted by Gasteiger charge is -2.25. The van der Waals surface area contributed by atoms with E-state index in [4.69, 9.17) is 0 Å². The Morgan fingerprint density at radius 1 is 0.800 bits per heavy atom. The normalized spacial score (nSPS) is 18.3. The lowest BCUT2D eigenvalue weighted by molar-refractivity contribution is 0.179. The summed E-state index contributed by atoms with van der Waals surface area (Å²) in [7, 11) is 4.17. The van der Waals surface area contributed by atoms with E-state index in [1.807, 2.05) is 0 Å². The van der Waals surface area contributed by atoms with E-state index in [9.17, 15) is 0 Å². The van der Waals surface area contributed by atoms with Crippen LogP contribution in [0.1, 0.15) is 14.9 Å². The van der Waals surface area contributed by atoms with Gasteiger partial charge in [0.2, 0.25) is 0 Å².